The second kappa shape index (κ2) is 3.73. The summed E-state index contributed by atoms with van der Waals surface area (Å²) >= 11 is 0. The summed E-state index contributed by atoms with van der Waals surface area (Å²) in [5, 5.41) is 0. The highest BCUT2D eigenvalue weighted by molar-refractivity contribution is 5.80. The van der Waals surface area contributed by atoms with Crippen LogP contribution in [-0.2, 0) is 6.42 Å². The molecule has 1 aromatic rings. The quantitative estimate of drug-likeness (QED) is 0.580. The van der Waals surface area contributed by atoms with Crippen molar-refractivity contribution in [3.05, 3.63) is 41.0 Å². The van der Waals surface area contributed by atoms with E-state index in [0.717, 1.165) is 6.42 Å². The molecule has 1 aromatic carbocycles. The smallest absolute Gasteiger partial charge is 0.00495 e. The molecule has 0 amide bonds. The van der Waals surface area contributed by atoms with Crippen molar-refractivity contribution in [1.82, 2.24) is 0 Å². The predicted octanol–water partition coefficient (Wildman–Crippen LogP) is 5.09. The van der Waals surface area contributed by atoms with Gasteiger partial charge in [0.05, 0.1) is 0 Å². The van der Waals surface area contributed by atoms with Crippen molar-refractivity contribution in [3.63, 3.8) is 0 Å². The Morgan fingerprint density at radius 3 is 1.94 bits per heavy atom. The zero-order valence-electron chi connectivity index (χ0n) is 12.0. The topological polar surface area (TPSA) is 0 Å². The third-order valence-corrected chi connectivity index (χ3v) is 3.61. The Kier molecular flexibility index (Phi) is 2.72. The van der Waals surface area contributed by atoms with Crippen molar-refractivity contribution in [2.45, 2.75) is 48.0 Å². The first-order chi connectivity index (χ1) is 7.71. The number of hydrogen-bond acceptors (Lipinski definition) is 0. The van der Waals surface area contributed by atoms with E-state index in [0.29, 0.717) is 0 Å². The fourth-order valence-electron chi connectivity index (χ4n) is 2.86. The first-order valence-electron chi connectivity index (χ1n) is 6.53. The molecule has 0 atom stereocenters. The standard InChI is InChI=1S/C17H24/c1-16(2,3)14-11-12-9-7-8-10-13(12)15(14)17(4,5)6/h7-10H,11H2,1-6H3. The van der Waals surface area contributed by atoms with E-state index in [1.807, 2.05) is 0 Å². The minimum atomic E-state index is 0.231. The highest BCUT2D eigenvalue weighted by atomic mass is 14.4. The van der Waals surface area contributed by atoms with Crippen LogP contribution in [0.5, 0.6) is 0 Å². The second-order valence-corrected chi connectivity index (χ2v) is 7.19. The van der Waals surface area contributed by atoms with Gasteiger partial charge in [-0.05, 0) is 34.0 Å². The average Bonchev–Trinajstić information content (AvgIpc) is 2.54. The first-order valence-corrected chi connectivity index (χ1v) is 6.53. The van der Waals surface area contributed by atoms with Gasteiger partial charge in [0.25, 0.3) is 0 Å². The van der Waals surface area contributed by atoms with Crippen molar-refractivity contribution in [2.24, 2.45) is 10.8 Å². The van der Waals surface area contributed by atoms with Crippen LogP contribution in [0.25, 0.3) is 5.57 Å². The maximum Gasteiger partial charge on any atom is -0.00495 e. The molecule has 1 aliphatic carbocycles. The fraction of sp³-hybridized carbons (Fsp3) is 0.529. The lowest BCUT2D eigenvalue weighted by Gasteiger charge is -2.29. The molecule has 0 heteroatoms. The largest absolute Gasteiger partial charge is 0.0619 e. The molecule has 0 saturated heterocycles. The molecule has 0 aliphatic heterocycles. The Balaban J connectivity index is 2.65. The normalized spacial score (nSPS) is 16.4. The van der Waals surface area contributed by atoms with E-state index < -0.39 is 0 Å². The Bertz CT molecular complexity index is 462. The van der Waals surface area contributed by atoms with E-state index in [1.54, 1.807) is 11.1 Å². The van der Waals surface area contributed by atoms with Gasteiger partial charge in [-0.3, -0.25) is 0 Å². The third-order valence-electron chi connectivity index (χ3n) is 3.61. The van der Waals surface area contributed by atoms with Crippen molar-refractivity contribution in [1.29, 1.82) is 0 Å². The van der Waals surface area contributed by atoms with E-state index >= 15 is 0 Å². The van der Waals surface area contributed by atoms with Crippen LogP contribution in [0.3, 0.4) is 0 Å². The zero-order valence-corrected chi connectivity index (χ0v) is 12.0. The van der Waals surface area contributed by atoms with Crippen molar-refractivity contribution in [2.75, 3.05) is 0 Å². The van der Waals surface area contributed by atoms with Gasteiger partial charge in [-0.15, -0.1) is 0 Å². The fourth-order valence-corrected chi connectivity index (χ4v) is 2.86. The summed E-state index contributed by atoms with van der Waals surface area (Å²) < 4.78 is 0. The maximum absolute atomic E-state index is 2.33. The lowest BCUT2D eigenvalue weighted by molar-refractivity contribution is 0.479. The lowest BCUT2D eigenvalue weighted by Crippen LogP contribution is -2.16. The van der Waals surface area contributed by atoms with E-state index in [2.05, 4.69) is 65.8 Å². The van der Waals surface area contributed by atoms with Gasteiger partial charge in [0.1, 0.15) is 0 Å². The highest BCUT2D eigenvalue weighted by Crippen LogP contribution is 2.49. The molecule has 92 valence electrons. The Morgan fingerprint density at radius 1 is 0.824 bits per heavy atom. The van der Waals surface area contributed by atoms with E-state index in [9.17, 15) is 0 Å². The Morgan fingerprint density at radius 2 is 1.41 bits per heavy atom. The summed E-state index contributed by atoms with van der Waals surface area (Å²) in [5.74, 6) is 0. The molecule has 0 heterocycles. The molecular weight excluding hydrogens is 204 g/mol. The van der Waals surface area contributed by atoms with Crippen molar-refractivity contribution in [3.8, 4) is 0 Å². The molecule has 17 heavy (non-hydrogen) atoms. The van der Waals surface area contributed by atoms with Gasteiger partial charge < -0.3 is 0 Å². The molecule has 0 saturated carbocycles. The highest BCUT2D eigenvalue weighted by Gasteiger charge is 2.34. The summed E-state index contributed by atoms with van der Waals surface area (Å²) in [6, 6.07) is 8.88. The van der Waals surface area contributed by atoms with Crippen molar-refractivity contribution < 1.29 is 0 Å². The molecule has 0 unspecified atom stereocenters. The summed E-state index contributed by atoms with van der Waals surface area (Å²) in [6.45, 7) is 14.0. The molecule has 2 rings (SSSR count). The van der Waals surface area contributed by atoms with Gasteiger partial charge in [-0.2, -0.15) is 0 Å². The van der Waals surface area contributed by atoms with Crippen LogP contribution in [0.1, 0.15) is 52.7 Å². The Hall–Kier alpha value is -1.04. The maximum atomic E-state index is 2.33. The summed E-state index contributed by atoms with van der Waals surface area (Å²) in [7, 11) is 0. The summed E-state index contributed by atoms with van der Waals surface area (Å²) in [6.07, 6.45) is 1.13. The zero-order chi connectivity index (χ0) is 12.8. The van der Waals surface area contributed by atoms with Crippen LogP contribution in [0.2, 0.25) is 0 Å². The van der Waals surface area contributed by atoms with E-state index in [1.165, 1.54) is 11.1 Å². The molecule has 0 N–H and O–H groups in total. The minimum Gasteiger partial charge on any atom is -0.0619 e. The molecule has 1 aliphatic rings. The second-order valence-electron chi connectivity index (χ2n) is 7.19. The molecule has 0 nitrogen and oxygen atoms in total. The first kappa shape index (κ1) is 12.4. The lowest BCUT2D eigenvalue weighted by atomic mass is 9.75. The summed E-state index contributed by atoms with van der Waals surface area (Å²) in [5.41, 5.74) is 6.66. The predicted molar refractivity (Wildman–Crippen MR) is 76.0 cm³/mol. The minimum absolute atomic E-state index is 0.231. The number of hydrogen-bond donors (Lipinski definition) is 0. The van der Waals surface area contributed by atoms with Gasteiger partial charge in [0.15, 0.2) is 0 Å². The van der Waals surface area contributed by atoms with Crippen LogP contribution in [0.15, 0.2) is 29.8 Å². The van der Waals surface area contributed by atoms with E-state index in [4.69, 9.17) is 0 Å². The molecule has 0 fully saturated rings. The SMILES string of the molecule is CC(C)(C)C1=C(C(C)(C)C)c2ccccc2C1. The van der Waals surface area contributed by atoms with Crippen LogP contribution in [0, 0.1) is 10.8 Å². The third kappa shape index (κ3) is 2.18. The Labute approximate surface area is 106 Å². The number of allylic oxidation sites excluding steroid dienone is 2. The van der Waals surface area contributed by atoms with Crippen LogP contribution < -0.4 is 0 Å². The molecule has 0 bridgehead atoms. The van der Waals surface area contributed by atoms with Gasteiger partial charge in [-0.25, -0.2) is 0 Å². The van der Waals surface area contributed by atoms with Crippen LogP contribution in [-0.4, -0.2) is 0 Å². The summed E-state index contributed by atoms with van der Waals surface area (Å²) in [4.78, 5) is 0. The van der Waals surface area contributed by atoms with Crippen molar-refractivity contribution >= 4 is 5.57 Å². The van der Waals surface area contributed by atoms with Crippen LogP contribution in [0.4, 0.5) is 0 Å². The van der Waals surface area contributed by atoms with Gasteiger partial charge in [0.2, 0.25) is 0 Å². The molecule has 0 spiro atoms. The van der Waals surface area contributed by atoms with Gasteiger partial charge in [-0.1, -0.05) is 71.4 Å². The number of benzene rings is 1. The number of fused-ring (bicyclic) bond motifs is 1. The van der Waals surface area contributed by atoms with E-state index in [-0.39, 0.29) is 10.8 Å². The molecular formula is C17H24. The van der Waals surface area contributed by atoms with Gasteiger partial charge in [0, 0.05) is 0 Å². The van der Waals surface area contributed by atoms with Crippen LogP contribution >= 0.6 is 0 Å². The molecule has 0 aromatic heterocycles. The number of rotatable bonds is 0. The van der Waals surface area contributed by atoms with Gasteiger partial charge >= 0.3 is 0 Å². The average molecular weight is 228 g/mol. The monoisotopic (exact) mass is 228 g/mol. The molecule has 0 radical (unpaired) electrons.